The quantitative estimate of drug-likeness (QED) is 0.466. The molecule has 2 N–H and O–H groups in total. The van der Waals surface area contributed by atoms with Crippen molar-refractivity contribution in [2.24, 2.45) is 4.99 Å². The van der Waals surface area contributed by atoms with Crippen molar-refractivity contribution >= 4 is 74.5 Å². The van der Waals surface area contributed by atoms with Gasteiger partial charge in [-0.05, 0) is 30.0 Å². The number of aliphatic imine (C=N–C) groups is 1. The van der Waals surface area contributed by atoms with E-state index in [2.05, 4.69) is 20.7 Å². The average molecular weight is 536 g/mol. The number of fused-ring (bicyclic) bond motifs is 1. The van der Waals surface area contributed by atoms with Crippen LogP contribution in [0.5, 0.6) is 0 Å². The van der Waals surface area contributed by atoms with E-state index in [1.165, 1.54) is 15.6 Å². The molecule has 1 aliphatic heterocycles. The lowest BCUT2D eigenvalue weighted by atomic mass is 10.2. The largest absolute Gasteiger partial charge is 0.396 e. The second kappa shape index (κ2) is 10.1. The van der Waals surface area contributed by atoms with Crippen molar-refractivity contribution in [2.75, 3.05) is 30.8 Å². The van der Waals surface area contributed by atoms with Crippen LogP contribution in [0.1, 0.15) is 12.1 Å². The standard InChI is InChI=1S/C18H19N3O3S3.CH3ClO2S/c1-21(27(23,24)16-6-3-9-25-16)15-5-2-4-12-10-14(20-17(12)15)18-19-11-13(26-18)7-8-22;1-5(2,3)4/h2-6,9-10,13,20,22H,7-8,11H2,1H3;1H3. The average Bonchev–Trinajstić information content (AvgIpc) is 3.45. The lowest BCUT2D eigenvalue weighted by molar-refractivity contribution is 0.288. The summed E-state index contributed by atoms with van der Waals surface area (Å²) < 4.78 is 46.2. The molecule has 0 bridgehead atoms. The summed E-state index contributed by atoms with van der Waals surface area (Å²) in [6.07, 6.45) is 1.64. The number of rotatable bonds is 6. The molecule has 0 amide bonds. The van der Waals surface area contributed by atoms with E-state index < -0.39 is 19.1 Å². The molecule has 8 nitrogen and oxygen atoms in total. The van der Waals surface area contributed by atoms with Gasteiger partial charge >= 0.3 is 0 Å². The summed E-state index contributed by atoms with van der Waals surface area (Å²) in [7, 11) is -0.717. The molecule has 1 aliphatic rings. The first kappa shape index (κ1) is 25.1. The summed E-state index contributed by atoms with van der Waals surface area (Å²) in [5, 5.41) is 13.0. The Kier molecular flexibility index (Phi) is 7.94. The number of anilines is 1. The van der Waals surface area contributed by atoms with E-state index in [1.54, 1.807) is 42.4 Å². The number of nitrogens with zero attached hydrogens (tertiary/aromatic N) is 2. The van der Waals surface area contributed by atoms with Crippen LogP contribution >= 0.6 is 33.8 Å². The highest BCUT2D eigenvalue weighted by atomic mass is 35.7. The fourth-order valence-electron chi connectivity index (χ4n) is 3.05. The van der Waals surface area contributed by atoms with Crippen molar-refractivity contribution < 1.29 is 21.9 Å². The molecule has 0 spiro atoms. The van der Waals surface area contributed by atoms with Gasteiger partial charge in [0.1, 0.15) is 9.25 Å². The van der Waals surface area contributed by atoms with Gasteiger partial charge in [-0.3, -0.25) is 9.30 Å². The number of hydrogen-bond acceptors (Lipinski definition) is 8. The second-order valence-electron chi connectivity index (χ2n) is 6.91. The molecule has 32 heavy (non-hydrogen) atoms. The van der Waals surface area contributed by atoms with E-state index in [0.29, 0.717) is 22.9 Å². The highest BCUT2D eigenvalue weighted by Crippen LogP contribution is 2.34. The normalized spacial score (nSPS) is 16.5. The molecule has 174 valence electrons. The van der Waals surface area contributed by atoms with Crippen LogP contribution in [0, 0.1) is 0 Å². The number of para-hydroxylation sites is 1. The maximum absolute atomic E-state index is 12.9. The van der Waals surface area contributed by atoms with Crippen LogP contribution in [-0.4, -0.2) is 63.7 Å². The number of thioether (sulfide) groups is 1. The van der Waals surface area contributed by atoms with Gasteiger partial charge < -0.3 is 10.1 Å². The number of aromatic nitrogens is 1. The third-order valence-corrected chi connectivity index (χ3v) is 8.92. The number of benzene rings is 1. The Hall–Kier alpha value is -1.57. The zero-order valence-corrected chi connectivity index (χ0v) is 21.2. The number of nitrogens with one attached hydrogen (secondary N) is 1. The molecule has 0 radical (unpaired) electrons. The summed E-state index contributed by atoms with van der Waals surface area (Å²) in [5.74, 6) is 0. The highest BCUT2D eigenvalue weighted by molar-refractivity contribution is 8.15. The first-order chi connectivity index (χ1) is 15.0. The molecule has 1 aromatic carbocycles. The smallest absolute Gasteiger partial charge is 0.273 e. The van der Waals surface area contributed by atoms with E-state index in [1.807, 2.05) is 18.2 Å². The van der Waals surface area contributed by atoms with Crippen molar-refractivity contribution in [3.05, 3.63) is 47.5 Å². The minimum atomic E-state index is -3.60. The highest BCUT2D eigenvalue weighted by Gasteiger charge is 2.26. The number of aliphatic hydroxyl groups excluding tert-OH is 1. The Morgan fingerprint density at radius 1 is 1.25 bits per heavy atom. The molecule has 13 heteroatoms. The molecule has 0 saturated heterocycles. The van der Waals surface area contributed by atoms with Crippen LogP contribution in [0.4, 0.5) is 5.69 Å². The number of sulfonamides is 1. The van der Waals surface area contributed by atoms with Gasteiger partial charge in [0, 0.05) is 35.0 Å². The molecule has 0 aliphatic carbocycles. The molecule has 3 heterocycles. The van der Waals surface area contributed by atoms with Crippen molar-refractivity contribution in [2.45, 2.75) is 15.9 Å². The molecule has 1 atom stereocenters. The molecule has 0 saturated carbocycles. The van der Waals surface area contributed by atoms with Crippen LogP contribution < -0.4 is 4.31 Å². The molecule has 2 aromatic heterocycles. The topological polar surface area (TPSA) is 120 Å². The van der Waals surface area contributed by atoms with Gasteiger partial charge in [0.2, 0.25) is 9.05 Å². The van der Waals surface area contributed by atoms with Crippen LogP contribution in [0.2, 0.25) is 0 Å². The Bertz CT molecular complexity index is 1310. The van der Waals surface area contributed by atoms with E-state index in [0.717, 1.165) is 27.9 Å². The summed E-state index contributed by atoms with van der Waals surface area (Å²) in [4.78, 5) is 7.92. The van der Waals surface area contributed by atoms with E-state index in [-0.39, 0.29) is 11.9 Å². The Labute approximate surface area is 199 Å². The van der Waals surface area contributed by atoms with Crippen LogP contribution in [0.15, 0.2) is 51.0 Å². The van der Waals surface area contributed by atoms with Gasteiger partial charge in [-0.1, -0.05) is 30.0 Å². The molecular weight excluding hydrogens is 514 g/mol. The predicted molar refractivity (Wildman–Crippen MR) is 133 cm³/mol. The second-order valence-corrected chi connectivity index (χ2v) is 14.4. The lowest BCUT2D eigenvalue weighted by Gasteiger charge is -2.19. The predicted octanol–water partition coefficient (Wildman–Crippen LogP) is 3.48. The van der Waals surface area contributed by atoms with E-state index >= 15 is 0 Å². The fraction of sp³-hybridized carbons (Fsp3) is 0.316. The van der Waals surface area contributed by atoms with Crippen LogP contribution in [-0.2, 0) is 19.1 Å². The molecule has 3 aromatic rings. The summed E-state index contributed by atoms with van der Waals surface area (Å²) in [6.45, 7) is 0.845. The zero-order valence-electron chi connectivity index (χ0n) is 17.2. The van der Waals surface area contributed by atoms with Gasteiger partial charge in [-0.15, -0.1) is 11.3 Å². The van der Waals surface area contributed by atoms with Gasteiger partial charge in [-0.25, -0.2) is 16.8 Å². The zero-order chi connectivity index (χ0) is 23.5. The van der Waals surface area contributed by atoms with Gasteiger partial charge in [0.05, 0.1) is 29.7 Å². The first-order valence-corrected chi connectivity index (χ1v) is 15.3. The lowest BCUT2D eigenvalue weighted by Crippen LogP contribution is -2.26. The van der Waals surface area contributed by atoms with E-state index in [4.69, 9.17) is 5.11 Å². The molecule has 1 unspecified atom stereocenters. The van der Waals surface area contributed by atoms with Gasteiger partial charge in [0.25, 0.3) is 10.0 Å². The molecule has 0 fully saturated rings. The minimum Gasteiger partial charge on any atom is -0.396 e. The summed E-state index contributed by atoms with van der Waals surface area (Å²) >= 11 is 2.86. The Morgan fingerprint density at radius 2 is 1.97 bits per heavy atom. The van der Waals surface area contributed by atoms with Crippen LogP contribution in [0.25, 0.3) is 10.9 Å². The van der Waals surface area contributed by atoms with Crippen LogP contribution in [0.3, 0.4) is 0 Å². The minimum absolute atomic E-state index is 0.155. The SMILES string of the molecule is CN(c1cccc2cc(C3=NCC(CCO)S3)[nH]c12)S(=O)(=O)c1cccs1.CS(=O)(=O)Cl. The van der Waals surface area contributed by atoms with Crippen molar-refractivity contribution in [3.8, 4) is 0 Å². The van der Waals surface area contributed by atoms with E-state index in [9.17, 15) is 16.8 Å². The Morgan fingerprint density at radius 3 is 2.59 bits per heavy atom. The maximum Gasteiger partial charge on any atom is 0.273 e. The molecule has 4 rings (SSSR count). The van der Waals surface area contributed by atoms with Gasteiger partial charge in [-0.2, -0.15) is 0 Å². The number of aliphatic hydroxyl groups is 1. The maximum atomic E-state index is 12.9. The number of hydrogen-bond donors (Lipinski definition) is 2. The summed E-state index contributed by atoms with van der Waals surface area (Å²) in [5.41, 5.74) is 2.25. The Balaban J connectivity index is 0.000000523. The number of H-pyrrole nitrogens is 1. The van der Waals surface area contributed by atoms with Crippen molar-refractivity contribution in [1.29, 1.82) is 0 Å². The van der Waals surface area contributed by atoms with Gasteiger partial charge in [0.15, 0.2) is 0 Å². The third-order valence-electron chi connectivity index (χ3n) is 4.48. The number of thiophene rings is 1. The fourth-order valence-corrected chi connectivity index (χ4v) is 6.50. The third kappa shape index (κ3) is 6.06. The molecular formula is C19H22ClN3O5S4. The summed E-state index contributed by atoms with van der Waals surface area (Å²) in [6, 6.07) is 11.0. The van der Waals surface area contributed by atoms with Crippen molar-refractivity contribution in [1.82, 2.24) is 4.98 Å². The number of aromatic amines is 1. The number of halogens is 1. The van der Waals surface area contributed by atoms with Crippen molar-refractivity contribution in [3.63, 3.8) is 0 Å². The first-order valence-electron chi connectivity index (χ1n) is 9.37. The monoisotopic (exact) mass is 535 g/mol.